The Kier molecular flexibility index (Phi) is 3.59. The molecule has 1 heterocycles. The first kappa shape index (κ1) is 11.9. The van der Waals surface area contributed by atoms with E-state index in [1.54, 1.807) is 11.3 Å². The Morgan fingerprint density at radius 2 is 2.12 bits per heavy atom. The average molecular weight is 245 g/mol. The molecule has 0 bridgehead atoms. The second kappa shape index (κ2) is 5.15. The zero-order chi connectivity index (χ0) is 12.3. The monoisotopic (exact) mass is 245 g/mol. The Morgan fingerprint density at radius 3 is 2.76 bits per heavy atom. The van der Waals surface area contributed by atoms with E-state index in [-0.39, 0.29) is 5.91 Å². The number of carbonyl (C=O) groups excluding carboxylic acids is 1. The van der Waals surface area contributed by atoms with Crippen molar-refractivity contribution in [2.75, 3.05) is 0 Å². The third kappa shape index (κ3) is 3.17. The van der Waals surface area contributed by atoms with Gasteiger partial charge in [-0.05, 0) is 36.2 Å². The Hall–Kier alpha value is -1.61. The Balaban J connectivity index is 2.19. The topological polar surface area (TPSA) is 29.1 Å². The highest BCUT2D eigenvalue weighted by Crippen LogP contribution is 2.28. The van der Waals surface area contributed by atoms with Crippen LogP contribution in [0.4, 0.5) is 0 Å². The van der Waals surface area contributed by atoms with E-state index in [1.807, 2.05) is 12.1 Å². The fourth-order valence-electron chi connectivity index (χ4n) is 1.65. The third-order valence-corrected chi connectivity index (χ3v) is 3.54. The number of hydrogen-bond acceptors (Lipinski definition) is 2. The fourth-order valence-corrected chi connectivity index (χ4v) is 2.51. The summed E-state index contributed by atoms with van der Waals surface area (Å²) in [5.74, 6) is 0.00220. The van der Waals surface area contributed by atoms with Gasteiger partial charge < -0.3 is 5.32 Å². The van der Waals surface area contributed by atoms with Gasteiger partial charge in [0.2, 0.25) is 5.91 Å². The van der Waals surface area contributed by atoms with Crippen LogP contribution in [0.1, 0.15) is 17.4 Å². The van der Waals surface area contributed by atoms with Crippen molar-refractivity contribution >= 4 is 17.2 Å². The van der Waals surface area contributed by atoms with Crippen molar-refractivity contribution in [3.05, 3.63) is 46.8 Å². The molecule has 2 rings (SSSR count). The molecule has 0 atom stereocenters. The summed E-state index contributed by atoms with van der Waals surface area (Å²) in [6, 6.07) is 12.5. The van der Waals surface area contributed by atoms with E-state index in [2.05, 4.69) is 36.5 Å². The third-order valence-electron chi connectivity index (χ3n) is 2.49. The second-order valence-electron chi connectivity index (χ2n) is 4.02. The van der Waals surface area contributed by atoms with Crippen LogP contribution in [0.15, 0.2) is 36.4 Å². The van der Waals surface area contributed by atoms with Crippen molar-refractivity contribution in [2.24, 2.45) is 0 Å². The van der Waals surface area contributed by atoms with E-state index in [1.165, 1.54) is 22.2 Å². The summed E-state index contributed by atoms with van der Waals surface area (Å²) in [5.41, 5.74) is 2.34. The first-order valence-corrected chi connectivity index (χ1v) is 6.37. The van der Waals surface area contributed by atoms with Gasteiger partial charge in [-0.3, -0.25) is 4.79 Å². The second-order valence-corrected chi connectivity index (χ2v) is 5.31. The standard InChI is InChI=1S/C14H15NOS/c1-10-6-7-14(17-10)13-5-3-4-12(8-13)9-15-11(2)16/h3-8H,9H2,1-2H3,(H,15,16). The molecule has 1 N–H and O–H groups in total. The highest BCUT2D eigenvalue weighted by Gasteiger charge is 2.02. The molecule has 0 aliphatic carbocycles. The number of nitrogens with one attached hydrogen (secondary N) is 1. The maximum atomic E-state index is 10.9. The minimum absolute atomic E-state index is 0.00220. The molecule has 1 aromatic heterocycles. The predicted molar refractivity (Wildman–Crippen MR) is 72.0 cm³/mol. The van der Waals surface area contributed by atoms with Crippen molar-refractivity contribution in [1.82, 2.24) is 5.32 Å². The van der Waals surface area contributed by atoms with Gasteiger partial charge in [-0.2, -0.15) is 0 Å². The van der Waals surface area contributed by atoms with Crippen LogP contribution < -0.4 is 5.32 Å². The van der Waals surface area contributed by atoms with Crippen LogP contribution >= 0.6 is 11.3 Å². The lowest BCUT2D eigenvalue weighted by atomic mass is 10.1. The zero-order valence-corrected chi connectivity index (χ0v) is 10.8. The summed E-state index contributed by atoms with van der Waals surface area (Å²) in [4.78, 5) is 13.4. The lowest BCUT2D eigenvalue weighted by Gasteiger charge is -2.04. The minimum atomic E-state index is 0.00220. The smallest absolute Gasteiger partial charge is 0.217 e. The van der Waals surface area contributed by atoms with Crippen molar-refractivity contribution in [1.29, 1.82) is 0 Å². The predicted octanol–water partition coefficient (Wildman–Crippen LogP) is 3.36. The van der Waals surface area contributed by atoms with Crippen LogP contribution in [0, 0.1) is 6.92 Å². The molecule has 0 saturated carbocycles. The molecule has 17 heavy (non-hydrogen) atoms. The maximum Gasteiger partial charge on any atom is 0.217 e. The average Bonchev–Trinajstić information content (AvgIpc) is 2.74. The molecule has 2 nitrogen and oxygen atoms in total. The van der Waals surface area contributed by atoms with Gasteiger partial charge in [-0.15, -0.1) is 11.3 Å². The van der Waals surface area contributed by atoms with Crippen LogP contribution in [0.3, 0.4) is 0 Å². The highest BCUT2D eigenvalue weighted by molar-refractivity contribution is 7.15. The molecule has 0 aliphatic rings. The number of hydrogen-bond donors (Lipinski definition) is 1. The fraction of sp³-hybridized carbons (Fsp3) is 0.214. The Morgan fingerprint density at radius 1 is 1.29 bits per heavy atom. The first-order valence-electron chi connectivity index (χ1n) is 5.55. The molecule has 88 valence electrons. The van der Waals surface area contributed by atoms with E-state index in [0.717, 1.165) is 5.56 Å². The largest absolute Gasteiger partial charge is 0.352 e. The molecule has 0 spiro atoms. The molecular formula is C14H15NOS. The summed E-state index contributed by atoms with van der Waals surface area (Å²) in [6.45, 7) is 4.23. The van der Waals surface area contributed by atoms with Crippen molar-refractivity contribution in [3.63, 3.8) is 0 Å². The molecule has 0 saturated heterocycles. The summed E-state index contributed by atoms with van der Waals surface area (Å²) in [6.07, 6.45) is 0. The maximum absolute atomic E-state index is 10.9. The molecule has 1 amide bonds. The number of carbonyl (C=O) groups is 1. The van der Waals surface area contributed by atoms with Crippen molar-refractivity contribution in [2.45, 2.75) is 20.4 Å². The van der Waals surface area contributed by atoms with E-state index in [0.29, 0.717) is 6.54 Å². The van der Waals surface area contributed by atoms with Gasteiger partial charge in [-0.1, -0.05) is 18.2 Å². The van der Waals surface area contributed by atoms with E-state index in [4.69, 9.17) is 0 Å². The zero-order valence-electron chi connectivity index (χ0n) is 9.99. The number of thiophene rings is 1. The molecule has 0 aliphatic heterocycles. The van der Waals surface area contributed by atoms with Gasteiger partial charge in [0.05, 0.1) is 0 Å². The SMILES string of the molecule is CC(=O)NCc1cccc(-c2ccc(C)s2)c1. The molecule has 0 unspecified atom stereocenters. The van der Waals surface area contributed by atoms with Crippen molar-refractivity contribution < 1.29 is 4.79 Å². The quantitative estimate of drug-likeness (QED) is 0.882. The number of rotatable bonds is 3. The van der Waals surface area contributed by atoms with E-state index < -0.39 is 0 Å². The summed E-state index contributed by atoms with van der Waals surface area (Å²) >= 11 is 1.79. The molecule has 1 aromatic carbocycles. The lowest BCUT2D eigenvalue weighted by molar-refractivity contribution is -0.119. The minimum Gasteiger partial charge on any atom is -0.352 e. The normalized spacial score (nSPS) is 10.2. The van der Waals surface area contributed by atoms with E-state index >= 15 is 0 Å². The number of amides is 1. The van der Waals surface area contributed by atoms with Gasteiger partial charge in [0.15, 0.2) is 0 Å². The molecule has 0 fully saturated rings. The molecule has 0 radical (unpaired) electrons. The number of aryl methyl sites for hydroxylation is 1. The van der Waals surface area contributed by atoms with Crippen LogP contribution in [0.2, 0.25) is 0 Å². The lowest BCUT2D eigenvalue weighted by Crippen LogP contribution is -2.18. The van der Waals surface area contributed by atoms with Gasteiger partial charge >= 0.3 is 0 Å². The molecule has 3 heteroatoms. The van der Waals surface area contributed by atoms with Gasteiger partial charge in [0, 0.05) is 23.2 Å². The first-order chi connectivity index (χ1) is 8.15. The van der Waals surface area contributed by atoms with E-state index in [9.17, 15) is 4.79 Å². The van der Waals surface area contributed by atoms with Gasteiger partial charge in [0.25, 0.3) is 0 Å². The molecule has 2 aromatic rings. The van der Waals surface area contributed by atoms with Crippen LogP contribution in [-0.2, 0) is 11.3 Å². The van der Waals surface area contributed by atoms with Gasteiger partial charge in [-0.25, -0.2) is 0 Å². The van der Waals surface area contributed by atoms with Crippen LogP contribution in [0.25, 0.3) is 10.4 Å². The summed E-state index contributed by atoms with van der Waals surface area (Å²) in [7, 11) is 0. The van der Waals surface area contributed by atoms with Gasteiger partial charge in [0.1, 0.15) is 0 Å². The highest BCUT2D eigenvalue weighted by atomic mass is 32.1. The summed E-state index contributed by atoms with van der Waals surface area (Å²) < 4.78 is 0. The van der Waals surface area contributed by atoms with Crippen LogP contribution in [-0.4, -0.2) is 5.91 Å². The number of benzene rings is 1. The van der Waals surface area contributed by atoms with Crippen molar-refractivity contribution in [3.8, 4) is 10.4 Å². The Labute approximate surface area is 105 Å². The summed E-state index contributed by atoms with van der Waals surface area (Å²) in [5, 5.41) is 2.81. The molecular weight excluding hydrogens is 230 g/mol. The van der Waals surface area contributed by atoms with Crippen LogP contribution in [0.5, 0.6) is 0 Å². The Bertz CT molecular complexity index is 531.